The number of hydrogen-bond donors (Lipinski definition) is 0. The number of nitrogens with zero attached hydrogens (tertiary/aromatic N) is 7. The lowest BCUT2D eigenvalue weighted by Crippen LogP contribution is -2.35. The van der Waals surface area contributed by atoms with Crippen LogP contribution in [-0.4, -0.2) is 42.4 Å². The molecule has 0 amide bonds. The van der Waals surface area contributed by atoms with Gasteiger partial charge in [-0.15, -0.1) is 10.2 Å². The quantitative estimate of drug-likeness (QED) is 0.730. The van der Waals surface area contributed by atoms with Crippen molar-refractivity contribution in [3.63, 3.8) is 0 Å². The number of piperidine rings is 1. The van der Waals surface area contributed by atoms with E-state index in [-0.39, 0.29) is 0 Å². The van der Waals surface area contributed by atoms with Crippen LogP contribution in [0.15, 0.2) is 36.9 Å². The summed E-state index contributed by atoms with van der Waals surface area (Å²) in [5.74, 6) is 3.44. The number of aromatic nitrogens is 6. The van der Waals surface area contributed by atoms with Gasteiger partial charge in [0.2, 0.25) is 0 Å². The minimum absolute atomic E-state index is 0.400. The highest BCUT2D eigenvalue weighted by Crippen LogP contribution is 2.28. The van der Waals surface area contributed by atoms with E-state index in [4.69, 9.17) is 0 Å². The van der Waals surface area contributed by atoms with Crippen LogP contribution in [0.4, 0.5) is 5.69 Å². The first-order valence-corrected chi connectivity index (χ1v) is 8.73. The second-order valence-corrected chi connectivity index (χ2v) is 6.63. The molecule has 0 unspecified atom stereocenters. The van der Waals surface area contributed by atoms with Crippen molar-refractivity contribution in [2.75, 3.05) is 18.0 Å². The molecule has 0 aromatic carbocycles. The van der Waals surface area contributed by atoms with Crippen molar-refractivity contribution in [2.45, 2.75) is 32.2 Å². The van der Waals surface area contributed by atoms with Gasteiger partial charge in [0.25, 0.3) is 0 Å². The van der Waals surface area contributed by atoms with Crippen molar-refractivity contribution in [2.24, 2.45) is 7.05 Å². The van der Waals surface area contributed by atoms with E-state index in [9.17, 15) is 0 Å². The van der Waals surface area contributed by atoms with Gasteiger partial charge >= 0.3 is 0 Å². The van der Waals surface area contributed by atoms with Crippen molar-refractivity contribution in [1.29, 1.82) is 0 Å². The third kappa shape index (κ3) is 3.14. The molecule has 1 aliphatic heterocycles. The fourth-order valence-electron chi connectivity index (χ4n) is 3.57. The predicted octanol–water partition coefficient (Wildman–Crippen LogP) is 2.15. The number of pyridine rings is 1. The summed E-state index contributed by atoms with van der Waals surface area (Å²) >= 11 is 0. The maximum Gasteiger partial charge on any atom is 0.152 e. The van der Waals surface area contributed by atoms with Gasteiger partial charge in [-0.2, -0.15) is 0 Å². The molecule has 0 aliphatic carbocycles. The largest absolute Gasteiger partial charge is 0.371 e. The minimum atomic E-state index is 0.400. The molecule has 1 saturated heterocycles. The highest BCUT2D eigenvalue weighted by atomic mass is 15.3. The number of anilines is 1. The SMILES string of the molecule is Cc1nccn1Cc1nnc([C@H]2CCCN(c3ccncc3)C2)n1C. The maximum absolute atomic E-state index is 4.52. The first-order chi connectivity index (χ1) is 12.2. The van der Waals surface area contributed by atoms with Crippen LogP contribution in [-0.2, 0) is 13.6 Å². The first kappa shape index (κ1) is 15.8. The van der Waals surface area contributed by atoms with Gasteiger partial charge in [-0.25, -0.2) is 4.98 Å². The van der Waals surface area contributed by atoms with Crippen LogP contribution in [0.2, 0.25) is 0 Å². The van der Waals surface area contributed by atoms with Crippen molar-refractivity contribution in [1.82, 2.24) is 29.3 Å². The second-order valence-electron chi connectivity index (χ2n) is 6.63. The molecular formula is C18H23N7. The van der Waals surface area contributed by atoms with Gasteiger partial charge in [-0.1, -0.05) is 0 Å². The van der Waals surface area contributed by atoms with Crippen LogP contribution in [0, 0.1) is 6.92 Å². The Bertz CT molecular complexity index is 836. The van der Waals surface area contributed by atoms with Crippen LogP contribution in [0.1, 0.15) is 36.2 Å². The van der Waals surface area contributed by atoms with E-state index in [1.165, 1.54) is 5.69 Å². The van der Waals surface area contributed by atoms with Gasteiger partial charge in [0.15, 0.2) is 5.82 Å². The fourth-order valence-corrected chi connectivity index (χ4v) is 3.57. The highest BCUT2D eigenvalue weighted by Gasteiger charge is 2.26. The van der Waals surface area contributed by atoms with Gasteiger partial charge in [-0.05, 0) is 31.9 Å². The Morgan fingerprint density at radius 2 is 2.00 bits per heavy atom. The lowest BCUT2D eigenvalue weighted by Gasteiger charge is -2.33. The van der Waals surface area contributed by atoms with E-state index < -0.39 is 0 Å². The zero-order chi connectivity index (χ0) is 17.2. The summed E-state index contributed by atoms with van der Waals surface area (Å²) in [6, 6.07) is 4.15. The Hall–Kier alpha value is -2.70. The average molecular weight is 337 g/mol. The van der Waals surface area contributed by atoms with Gasteiger partial charge in [-0.3, -0.25) is 4.98 Å². The van der Waals surface area contributed by atoms with E-state index in [1.807, 2.05) is 31.7 Å². The molecule has 4 heterocycles. The normalized spacial score (nSPS) is 17.8. The van der Waals surface area contributed by atoms with E-state index in [0.717, 1.165) is 43.4 Å². The average Bonchev–Trinajstić information content (AvgIpc) is 3.22. The van der Waals surface area contributed by atoms with Crippen molar-refractivity contribution in [3.05, 3.63) is 54.4 Å². The molecule has 4 rings (SSSR count). The predicted molar refractivity (Wildman–Crippen MR) is 95.5 cm³/mol. The zero-order valence-corrected chi connectivity index (χ0v) is 14.7. The summed E-state index contributed by atoms with van der Waals surface area (Å²) in [6.07, 6.45) is 9.82. The van der Waals surface area contributed by atoms with Crippen LogP contribution in [0.5, 0.6) is 0 Å². The minimum Gasteiger partial charge on any atom is -0.371 e. The van der Waals surface area contributed by atoms with E-state index in [1.54, 1.807) is 0 Å². The molecule has 130 valence electrons. The lowest BCUT2D eigenvalue weighted by molar-refractivity contribution is 0.478. The Kier molecular flexibility index (Phi) is 4.21. The van der Waals surface area contributed by atoms with Crippen LogP contribution >= 0.6 is 0 Å². The van der Waals surface area contributed by atoms with Gasteiger partial charge < -0.3 is 14.0 Å². The number of rotatable bonds is 4. The molecular weight excluding hydrogens is 314 g/mol. The van der Waals surface area contributed by atoms with Gasteiger partial charge in [0, 0.05) is 56.5 Å². The van der Waals surface area contributed by atoms with Gasteiger partial charge in [0.05, 0.1) is 6.54 Å². The van der Waals surface area contributed by atoms with Gasteiger partial charge in [0.1, 0.15) is 11.6 Å². The summed E-state index contributed by atoms with van der Waals surface area (Å²) in [5, 5.41) is 8.96. The molecule has 25 heavy (non-hydrogen) atoms. The summed E-state index contributed by atoms with van der Waals surface area (Å²) in [6.45, 7) is 4.76. The van der Waals surface area contributed by atoms with Crippen LogP contribution in [0.3, 0.4) is 0 Å². The number of imidazole rings is 1. The molecule has 0 saturated carbocycles. The Balaban J connectivity index is 1.53. The molecule has 0 bridgehead atoms. The monoisotopic (exact) mass is 337 g/mol. The second kappa shape index (κ2) is 6.66. The van der Waals surface area contributed by atoms with E-state index in [2.05, 4.69) is 53.4 Å². The standard InChI is InChI=1S/C18H23N7/c1-14-20-9-11-24(14)13-17-21-22-18(23(17)2)15-4-3-10-25(12-15)16-5-7-19-8-6-16/h5-9,11,15H,3-4,10,12-13H2,1-2H3/t15-/m0/s1. The number of hydrogen-bond acceptors (Lipinski definition) is 5. The van der Waals surface area contributed by atoms with E-state index in [0.29, 0.717) is 12.5 Å². The molecule has 3 aromatic rings. The molecule has 1 atom stereocenters. The molecule has 3 aromatic heterocycles. The Morgan fingerprint density at radius 3 is 2.76 bits per heavy atom. The maximum atomic E-state index is 4.52. The summed E-state index contributed by atoms with van der Waals surface area (Å²) in [7, 11) is 2.07. The third-order valence-corrected chi connectivity index (χ3v) is 5.05. The Morgan fingerprint density at radius 1 is 1.16 bits per heavy atom. The number of aryl methyl sites for hydroxylation is 1. The molecule has 7 heteroatoms. The van der Waals surface area contributed by atoms with Crippen molar-refractivity contribution in [3.8, 4) is 0 Å². The smallest absolute Gasteiger partial charge is 0.152 e. The fraction of sp³-hybridized carbons (Fsp3) is 0.444. The van der Waals surface area contributed by atoms with E-state index >= 15 is 0 Å². The highest BCUT2D eigenvalue weighted by molar-refractivity contribution is 5.45. The summed E-state index contributed by atoms with van der Waals surface area (Å²) in [5.41, 5.74) is 1.23. The van der Waals surface area contributed by atoms with Crippen molar-refractivity contribution >= 4 is 5.69 Å². The molecule has 0 N–H and O–H groups in total. The third-order valence-electron chi connectivity index (χ3n) is 5.05. The molecule has 1 fully saturated rings. The summed E-state index contributed by atoms with van der Waals surface area (Å²) in [4.78, 5) is 10.8. The Labute approximate surface area is 147 Å². The molecule has 0 spiro atoms. The van der Waals surface area contributed by atoms with Crippen molar-refractivity contribution < 1.29 is 0 Å². The van der Waals surface area contributed by atoms with Crippen LogP contribution in [0.25, 0.3) is 0 Å². The summed E-state index contributed by atoms with van der Waals surface area (Å²) < 4.78 is 4.25. The topological polar surface area (TPSA) is 64.7 Å². The molecule has 1 aliphatic rings. The zero-order valence-electron chi connectivity index (χ0n) is 14.7. The lowest BCUT2D eigenvalue weighted by atomic mass is 9.96. The molecule has 7 nitrogen and oxygen atoms in total. The van der Waals surface area contributed by atoms with Crippen LogP contribution < -0.4 is 4.90 Å². The first-order valence-electron chi connectivity index (χ1n) is 8.73. The molecule has 0 radical (unpaired) electrons.